The summed E-state index contributed by atoms with van der Waals surface area (Å²) in [7, 11) is 0. The van der Waals surface area contributed by atoms with Gasteiger partial charge in [0.2, 0.25) is 0 Å². The predicted molar refractivity (Wildman–Crippen MR) is 81.1 cm³/mol. The maximum absolute atomic E-state index is 10.3. The van der Waals surface area contributed by atoms with Crippen LogP contribution in [0.2, 0.25) is 0 Å². The normalized spacial score (nSPS) is 12.8. The van der Waals surface area contributed by atoms with Gasteiger partial charge in [-0.25, -0.2) is 0 Å². The van der Waals surface area contributed by atoms with Gasteiger partial charge in [-0.05, 0) is 43.0 Å². The highest BCUT2D eigenvalue weighted by Gasteiger charge is 2.10. The zero-order valence-corrected chi connectivity index (χ0v) is 11.7. The van der Waals surface area contributed by atoms with Crippen LogP contribution in [-0.4, -0.2) is 5.11 Å². The quantitative estimate of drug-likeness (QED) is 0.860. The minimum atomic E-state index is -0.555. The second-order valence-electron chi connectivity index (χ2n) is 5.03. The van der Waals surface area contributed by atoms with Crippen LogP contribution in [0.1, 0.15) is 33.9 Å². The molecule has 98 valence electrons. The molecule has 0 radical (unpaired) electrons. The molecule has 2 aromatic rings. The summed E-state index contributed by atoms with van der Waals surface area (Å²) in [5, 5.41) is 10.3. The van der Waals surface area contributed by atoms with Gasteiger partial charge in [0.05, 0.1) is 6.10 Å². The first-order valence-corrected chi connectivity index (χ1v) is 6.57. The van der Waals surface area contributed by atoms with E-state index in [1.807, 2.05) is 42.5 Å². The molecular weight excluding hydrogens is 232 g/mol. The fraction of sp³-hybridized carbons (Fsp3) is 0.222. The summed E-state index contributed by atoms with van der Waals surface area (Å²) in [6.07, 6.45) is 3.25. The van der Waals surface area contributed by atoms with E-state index in [2.05, 4.69) is 32.9 Å². The second kappa shape index (κ2) is 5.85. The summed E-state index contributed by atoms with van der Waals surface area (Å²) in [4.78, 5) is 0. The van der Waals surface area contributed by atoms with Crippen LogP contribution < -0.4 is 0 Å². The molecule has 1 N–H and O–H groups in total. The maximum Gasteiger partial charge on any atom is 0.0980 e. The van der Waals surface area contributed by atoms with Crippen LogP contribution >= 0.6 is 0 Å². The third-order valence-electron chi connectivity index (χ3n) is 3.30. The third kappa shape index (κ3) is 3.33. The lowest BCUT2D eigenvalue weighted by Crippen LogP contribution is -2.00. The van der Waals surface area contributed by atoms with E-state index in [-0.39, 0.29) is 0 Å². The van der Waals surface area contributed by atoms with Gasteiger partial charge in [-0.1, -0.05) is 60.2 Å². The number of hydrogen-bond acceptors (Lipinski definition) is 1. The SMILES string of the molecule is Cc1cc(C)c(C(O)/C=C/c2ccccc2)c(C)c1. The number of aliphatic hydroxyl groups excluding tert-OH is 1. The monoisotopic (exact) mass is 252 g/mol. The van der Waals surface area contributed by atoms with Crippen LogP contribution in [0.5, 0.6) is 0 Å². The van der Waals surface area contributed by atoms with Crippen molar-refractivity contribution >= 4 is 6.08 Å². The Hall–Kier alpha value is -1.86. The molecule has 0 amide bonds. The van der Waals surface area contributed by atoms with Gasteiger partial charge < -0.3 is 5.11 Å². The largest absolute Gasteiger partial charge is 0.384 e. The molecule has 0 aliphatic carbocycles. The third-order valence-corrected chi connectivity index (χ3v) is 3.30. The lowest BCUT2D eigenvalue weighted by atomic mass is 9.95. The molecule has 0 aliphatic heterocycles. The smallest absolute Gasteiger partial charge is 0.0980 e. The maximum atomic E-state index is 10.3. The summed E-state index contributed by atoms with van der Waals surface area (Å²) >= 11 is 0. The summed E-state index contributed by atoms with van der Waals surface area (Å²) in [6.45, 7) is 6.18. The van der Waals surface area contributed by atoms with Gasteiger partial charge in [-0.3, -0.25) is 0 Å². The van der Waals surface area contributed by atoms with Gasteiger partial charge in [0.1, 0.15) is 0 Å². The Kier molecular flexibility index (Phi) is 4.18. The van der Waals surface area contributed by atoms with Crippen molar-refractivity contribution in [2.75, 3.05) is 0 Å². The zero-order valence-electron chi connectivity index (χ0n) is 11.7. The van der Waals surface area contributed by atoms with Crippen molar-refractivity contribution in [3.05, 3.63) is 76.4 Å². The minimum absolute atomic E-state index is 0.555. The molecule has 0 aromatic heterocycles. The van der Waals surface area contributed by atoms with Crippen LogP contribution in [0.15, 0.2) is 48.5 Å². The first kappa shape index (κ1) is 13.6. The summed E-state index contributed by atoms with van der Waals surface area (Å²) in [6, 6.07) is 14.3. The van der Waals surface area contributed by atoms with Crippen molar-refractivity contribution in [2.45, 2.75) is 26.9 Å². The van der Waals surface area contributed by atoms with Gasteiger partial charge >= 0.3 is 0 Å². The molecule has 2 aromatic carbocycles. The molecule has 2 rings (SSSR count). The highest BCUT2D eigenvalue weighted by Crippen LogP contribution is 2.25. The van der Waals surface area contributed by atoms with E-state index in [1.54, 1.807) is 0 Å². The fourth-order valence-corrected chi connectivity index (χ4v) is 2.52. The second-order valence-corrected chi connectivity index (χ2v) is 5.03. The first-order chi connectivity index (χ1) is 9.08. The highest BCUT2D eigenvalue weighted by molar-refractivity contribution is 5.51. The average Bonchev–Trinajstić information content (AvgIpc) is 2.36. The predicted octanol–water partition coefficient (Wildman–Crippen LogP) is 4.36. The number of benzene rings is 2. The van der Waals surface area contributed by atoms with Crippen LogP contribution in [0.4, 0.5) is 0 Å². The Morgan fingerprint density at radius 3 is 2.11 bits per heavy atom. The van der Waals surface area contributed by atoms with Crippen LogP contribution in [0.3, 0.4) is 0 Å². The van der Waals surface area contributed by atoms with E-state index in [0.29, 0.717) is 0 Å². The standard InChI is InChI=1S/C18H20O/c1-13-11-14(2)18(15(3)12-13)17(19)10-9-16-7-5-4-6-8-16/h4-12,17,19H,1-3H3/b10-9+. The van der Waals surface area contributed by atoms with Crippen molar-refractivity contribution in [1.29, 1.82) is 0 Å². The topological polar surface area (TPSA) is 20.2 Å². The van der Waals surface area contributed by atoms with E-state index in [1.165, 1.54) is 5.56 Å². The fourth-order valence-electron chi connectivity index (χ4n) is 2.52. The molecule has 0 heterocycles. The van der Waals surface area contributed by atoms with Crippen LogP contribution in [0.25, 0.3) is 6.08 Å². The van der Waals surface area contributed by atoms with Crippen molar-refractivity contribution in [1.82, 2.24) is 0 Å². The van der Waals surface area contributed by atoms with E-state index >= 15 is 0 Å². The van der Waals surface area contributed by atoms with Gasteiger partial charge in [-0.15, -0.1) is 0 Å². The summed E-state index contributed by atoms with van der Waals surface area (Å²) < 4.78 is 0. The number of hydrogen-bond donors (Lipinski definition) is 1. The Balaban J connectivity index is 2.26. The van der Waals surface area contributed by atoms with Crippen molar-refractivity contribution in [3.63, 3.8) is 0 Å². The molecule has 0 saturated heterocycles. The molecule has 19 heavy (non-hydrogen) atoms. The number of aryl methyl sites for hydroxylation is 3. The van der Waals surface area contributed by atoms with Crippen LogP contribution in [0, 0.1) is 20.8 Å². The van der Waals surface area contributed by atoms with E-state index in [0.717, 1.165) is 22.3 Å². The molecule has 0 aliphatic rings. The molecule has 0 spiro atoms. The van der Waals surface area contributed by atoms with E-state index in [4.69, 9.17) is 0 Å². The van der Waals surface area contributed by atoms with Gasteiger partial charge in [0.15, 0.2) is 0 Å². The van der Waals surface area contributed by atoms with Crippen molar-refractivity contribution in [2.24, 2.45) is 0 Å². The number of aliphatic hydroxyl groups is 1. The molecular formula is C18H20O. The first-order valence-electron chi connectivity index (χ1n) is 6.57. The molecule has 1 atom stereocenters. The average molecular weight is 252 g/mol. The molecule has 0 bridgehead atoms. The molecule has 1 heteroatoms. The molecule has 0 saturated carbocycles. The molecule has 1 nitrogen and oxygen atoms in total. The van der Waals surface area contributed by atoms with Crippen molar-refractivity contribution < 1.29 is 5.11 Å². The Bertz CT molecular complexity index is 559. The number of rotatable bonds is 3. The van der Waals surface area contributed by atoms with Gasteiger partial charge in [0, 0.05) is 0 Å². The molecule has 0 fully saturated rings. The van der Waals surface area contributed by atoms with E-state index < -0.39 is 6.10 Å². The molecule has 1 unspecified atom stereocenters. The lowest BCUT2D eigenvalue weighted by Gasteiger charge is -2.14. The van der Waals surface area contributed by atoms with Gasteiger partial charge in [-0.2, -0.15) is 0 Å². The summed E-state index contributed by atoms with van der Waals surface area (Å²) in [5.41, 5.74) is 5.63. The highest BCUT2D eigenvalue weighted by atomic mass is 16.3. The lowest BCUT2D eigenvalue weighted by molar-refractivity contribution is 0.228. The Morgan fingerprint density at radius 2 is 1.53 bits per heavy atom. The van der Waals surface area contributed by atoms with E-state index in [9.17, 15) is 5.11 Å². The summed E-state index contributed by atoms with van der Waals surface area (Å²) in [5.74, 6) is 0. The zero-order chi connectivity index (χ0) is 13.8. The van der Waals surface area contributed by atoms with Crippen LogP contribution in [-0.2, 0) is 0 Å². The van der Waals surface area contributed by atoms with Gasteiger partial charge in [0.25, 0.3) is 0 Å². The Labute approximate surface area is 115 Å². The minimum Gasteiger partial charge on any atom is -0.384 e. The Morgan fingerprint density at radius 1 is 0.947 bits per heavy atom. The van der Waals surface area contributed by atoms with Crippen molar-refractivity contribution in [3.8, 4) is 0 Å².